The number of aromatic nitrogens is 3. The Bertz CT molecular complexity index is 1760. The molecule has 1 atom stereocenters. The molecule has 1 aromatic carbocycles. The van der Waals surface area contributed by atoms with E-state index in [1.807, 2.05) is 30.3 Å². The van der Waals surface area contributed by atoms with Gasteiger partial charge in [0.25, 0.3) is 5.56 Å². The van der Waals surface area contributed by atoms with Crippen LogP contribution in [0.2, 0.25) is 0 Å². The second-order valence-electron chi connectivity index (χ2n) is 9.78. The topological polar surface area (TPSA) is 127 Å². The van der Waals surface area contributed by atoms with Gasteiger partial charge in [-0.25, -0.2) is 14.6 Å². The number of fused-ring (bicyclic) bond motifs is 5. The Labute approximate surface area is 228 Å². The molecule has 0 bridgehead atoms. The lowest BCUT2D eigenvalue weighted by atomic mass is 9.86. The molecule has 39 heavy (non-hydrogen) atoms. The van der Waals surface area contributed by atoms with Crippen LogP contribution in [0.3, 0.4) is 0 Å². The molecule has 198 valence electrons. The maximum Gasteiger partial charge on any atom is 0.343 e. The molecule has 3 aliphatic rings. The fourth-order valence-corrected chi connectivity index (χ4v) is 5.79. The highest BCUT2D eigenvalue weighted by molar-refractivity contribution is 6.19. The van der Waals surface area contributed by atoms with Gasteiger partial charge in [0.05, 0.1) is 40.4 Å². The zero-order chi connectivity index (χ0) is 26.2. The number of pyridine rings is 3. The van der Waals surface area contributed by atoms with Crippen molar-refractivity contribution >= 4 is 46.7 Å². The monoisotopic (exact) mass is 545 g/mol. The number of benzene rings is 1. The number of nitrogens with zero attached hydrogens (tertiary/aromatic N) is 4. The number of carbonyl (C=O) groups excluding carboxylic acids is 2. The number of carbonyl (C=O) groups is 2. The second-order valence-corrected chi connectivity index (χ2v) is 9.78. The summed E-state index contributed by atoms with van der Waals surface area (Å²) in [5.41, 5.74) is 3.14. The van der Waals surface area contributed by atoms with Crippen molar-refractivity contribution < 1.29 is 19.4 Å². The summed E-state index contributed by atoms with van der Waals surface area (Å²) in [6.45, 7) is 2.08. The van der Waals surface area contributed by atoms with Crippen LogP contribution in [-0.4, -0.2) is 38.2 Å². The van der Waals surface area contributed by atoms with Gasteiger partial charge in [0.15, 0.2) is 5.60 Å². The van der Waals surface area contributed by atoms with Gasteiger partial charge in [-0.3, -0.25) is 14.7 Å². The van der Waals surface area contributed by atoms with Crippen molar-refractivity contribution in [2.45, 2.75) is 38.5 Å². The Morgan fingerprint density at radius 1 is 1.15 bits per heavy atom. The third-order valence-corrected chi connectivity index (χ3v) is 7.79. The van der Waals surface area contributed by atoms with Gasteiger partial charge in [-0.2, -0.15) is 0 Å². The molecule has 0 fully saturated rings. The van der Waals surface area contributed by atoms with Crippen molar-refractivity contribution in [3.63, 3.8) is 0 Å². The molecule has 2 amide bonds. The number of rotatable bonds is 4. The van der Waals surface area contributed by atoms with Crippen LogP contribution in [-0.2, 0) is 34.7 Å². The molecule has 3 aromatic heterocycles. The maximum absolute atomic E-state index is 13.6. The number of esters is 1. The summed E-state index contributed by atoms with van der Waals surface area (Å²) < 4.78 is 6.77. The number of nitrogens with one attached hydrogen (secondary N) is 1. The highest BCUT2D eigenvalue weighted by atomic mass is 35.5. The number of urea groups is 1. The molecule has 0 spiro atoms. The van der Waals surface area contributed by atoms with E-state index in [4.69, 9.17) is 9.72 Å². The number of ether oxygens (including phenoxy) is 1. The molecule has 0 saturated carbocycles. The zero-order valence-corrected chi connectivity index (χ0v) is 21.7. The molecule has 0 unspecified atom stereocenters. The Kier molecular flexibility index (Phi) is 5.70. The minimum absolute atomic E-state index is 0. The molecule has 4 aromatic rings. The minimum Gasteiger partial charge on any atom is -0.458 e. The summed E-state index contributed by atoms with van der Waals surface area (Å²) in [6.07, 6.45) is 4.14. The Morgan fingerprint density at radius 2 is 2.00 bits per heavy atom. The van der Waals surface area contributed by atoms with Crippen molar-refractivity contribution in [2.24, 2.45) is 0 Å². The summed E-state index contributed by atoms with van der Waals surface area (Å²) in [7, 11) is 0. The van der Waals surface area contributed by atoms with Crippen LogP contribution in [0.5, 0.6) is 0 Å². The Morgan fingerprint density at radius 3 is 2.77 bits per heavy atom. The van der Waals surface area contributed by atoms with Gasteiger partial charge in [-0.15, -0.1) is 12.4 Å². The summed E-state index contributed by atoms with van der Waals surface area (Å²) in [5, 5.41) is 15.0. The quantitative estimate of drug-likeness (QED) is 0.331. The Balaban J connectivity index is 0.00000277. The maximum atomic E-state index is 13.6. The molecule has 10 nitrogen and oxygen atoms in total. The van der Waals surface area contributed by atoms with Gasteiger partial charge >= 0.3 is 12.0 Å². The lowest BCUT2D eigenvalue weighted by Gasteiger charge is -2.31. The van der Waals surface area contributed by atoms with Gasteiger partial charge in [0, 0.05) is 35.5 Å². The molecule has 3 aliphatic heterocycles. The van der Waals surface area contributed by atoms with E-state index in [-0.39, 0.29) is 54.7 Å². The molecule has 2 N–H and O–H groups in total. The number of amides is 2. The molecular weight excluding hydrogens is 522 g/mol. The summed E-state index contributed by atoms with van der Waals surface area (Å²) in [5.74, 6) is -0.764. The van der Waals surface area contributed by atoms with Crippen LogP contribution in [0.15, 0.2) is 53.6 Å². The van der Waals surface area contributed by atoms with Gasteiger partial charge in [-0.05, 0) is 42.7 Å². The van der Waals surface area contributed by atoms with Crippen LogP contribution in [0.25, 0.3) is 22.3 Å². The molecule has 6 heterocycles. The van der Waals surface area contributed by atoms with E-state index in [0.717, 1.165) is 16.5 Å². The average molecular weight is 546 g/mol. The van der Waals surface area contributed by atoms with Crippen molar-refractivity contribution in [3.8, 4) is 11.4 Å². The van der Waals surface area contributed by atoms with E-state index in [9.17, 15) is 19.5 Å². The summed E-state index contributed by atoms with van der Waals surface area (Å²) in [4.78, 5) is 50.3. The number of aliphatic hydroxyl groups is 1. The summed E-state index contributed by atoms with van der Waals surface area (Å²) >= 11 is 0. The fourth-order valence-electron chi connectivity index (χ4n) is 5.79. The SMILES string of the molecule is CC[C@@]1(O)C(=O)OCc2c1cc1n(c2=O)Cc2c-1nc1cccc3c1c2N(CCc1cccnc1)C(=O)N3.Cl. The molecular formula is C28H24ClN5O5. The lowest BCUT2D eigenvalue weighted by Crippen LogP contribution is -2.44. The van der Waals surface area contributed by atoms with Crippen molar-refractivity contribution in [2.75, 3.05) is 16.8 Å². The highest BCUT2D eigenvalue weighted by Crippen LogP contribution is 2.46. The van der Waals surface area contributed by atoms with E-state index in [1.165, 1.54) is 0 Å². The van der Waals surface area contributed by atoms with Crippen molar-refractivity contribution in [3.05, 3.63) is 81.4 Å². The third-order valence-electron chi connectivity index (χ3n) is 7.79. The van der Waals surface area contributed by atoms with E-state index >= 15 is 0 Å². The predicted octanol–water partition coefficient (Wildman–Crippen LogP) is 3.49. The van der Waals surface area contributed by atoms with Gasteiger partial charge < -0.3 is 19.7 Å². The standard InChI is InChI=1S/C28H23N5O5.ClH/c1-2-28(37)18-11-21-23-16(13-33(21)25(34)17(18)14-38-26(28)35)24-22-19(30-23)6-3-7-20(22)31-27(36)32(24)10-8-15-5-4-9-29-12-15;/h3-7,9,11-12,37H,2,8,10,13-14H2,1H3,(H,31,36);1H/t28-;/m0./s1. The van der Waals surface area contributed by atoms with Crippen LogP contribution in [0.4, 0.5) is 16.2 Å². The largest absolute Gasteiger partial charge is 0.458 e. The number of cyclic esters (lactones) is 1. The van der Waals surface area contributed by atoms with Gasteiger partial charge in [-0.1, -0.05) is 19.1 Å². The van der Waals surface area contributed by atoms with Gasteiger partial charge in [0.2, 0.25) is 0 Å². The minimum atomic E-state index is -1.90. The molecule has 0 radical (unpaired) electrons. The van der Waals surface area contributed by atoms with Crippen LogP contribution < -0.4 is 15.8 Å². The highest BCUT2D eigenvalue weighted by Gasteiger charge is 2.46. The molecule has 7 rings (SSSR count). The van der Waals surface area contributed by atoms with Crippen LogP contribution >= 0.6 is 12.4 Å². The smallest absolute Gasteiger partial charge is 0.343 e. The van der Waals surface area contributed by atoms with Crippen molar-refractivity contribution in [1.29, 1.82) is 0 Å². The van der Waals surface area contributed by atoms with Crippen LogP contribution in [0, 0.1) is 0 Å². The first kappa shape index (κ1) is 25.0. The van der Waals surface area contributed by atoms with E-state index in [1.54, 1.807) is 34.9 Å². The van der Waals surface area contributed by atoms with E-state index in [0.29, 0.717) is 41.2 Å². The normalized spacial score (nSPS) is 18.6. The first-order valence-electron chi connectivity index (χ1n) is 12.5. The fraction of sp³-hybridized carbons (Fsp3) is 0.250. The molecule has 11 heteroatoms. The van der Waals surface area contributed by atoms with Gasteiger partial charge in [0.1, 0.15) is 6.61 Å². The molecule has 0 aliphatic carbocycles. The summed E-state index contributed by atoms with van der Waals surface area (Å²) in [6, 6.07) is 10.8. The second kappa shape index (κ2) is 8.89. The zero-order valence-electron chi connectivity index (χ0n) is 20.9. The van der Waals surface area contributed by atoms with Crippen LogP contribution in [0.1, 0.15) is 35.6 Å². The van der Waals surface area contributed by atoms with Crippen molar-refractivity contribution in [1.82, 2.24) is 14.5 Å². The molecule has 0 saturated heterocycles. The number of hydrogen-bond acceptors (Lipinski definition) is 7. The lowest BCUT2D eigenvalue weighted by molar-refractivity contribution is -0.172. The Hall–Kier alpha value is -4.28. The third kappa shape index (κ3) is 3.48. The van der Waals surface area contributed by atoms with E-state index in [2.05, 4.69) is 10.3 Å². The first-order chi connectivity index (χ1) is 18.4. The first-order valence-corrected chi connectivity index (χ1v) is 12.5. The number of halogens is 1. The predicted molar refractivity (Wildman–Crippen MR) is 146 cm³/mol. The van der Waals surface area contributed by atoms with E-state index < -0.39 is 11.6 Å². The number of hydrogen-bond donors (Lipinski definition) is 2. The average Bonchev–Trinajstić information content (AvgIpc) is 3.30. The number of anilines is 2.